The molecule has 1 atom stereocenters. The first-order chi connectivity index (χ1) is 13.9. The Labute approximate surface area is 172 Å². The van der Waals surface area contributed by atoms with Gasteiger partial charge in [0, 0.05) is 7.05 Å². The highest BCUT2D eigenvalue weighted by molar-refractivity contribution is 6.33. The van der Waals surface area contributed by atoms with Gasteiger partial charge < -0.3 is 15.4 Å². The minimum atomic E-state index is -0.769. The van der Waals surface area contributed by atoms with Crippen molar-refractivity contribution in [2.45, 2.75) is 12.5 Å². The minimum absolute atomic E-state index is 0.215. The summed E-state index contributed by atoms with van der Waals surface area (Å²) in [4.78, 5) is 47.4. The van der Waals surface area contributed by atoms with Crippen LogP contribution in [0.15, 0.2) is 54.6 Å². The Morgan fingerprint density at radius 3 is 2.31 bits per heavy atom. The first kappa shape index (κ1) is 21.9. The zero-order valence-electron chi connectivity index (χ0n) is 15.6. The molecule has 9 heteroatoms. The van der Waals surface area contributed by atoms with E-state index in [0.717, 1.165) is 0 Å². The van der Waals surface area contributed by atoms with E-state index in [-0.39, 0.29) is 17.0 Å². The summed E-state index contributed by atoms with van der Waals surface area (Å²) >= 11 is 6.06. The number of imide groups is 1. The highest BCUT2D eigenvalue weighted by Crippen LogP contribution is 2.20. The van der Waals surface area contributed by atoms with Gasteiger partial charge in [-0.1, -0.05) is 54.1 Å². The monoisotopic (exact) mass is 417 g/mol. The number of halogens is 1. The number of ether oxygens (including phenoxy) is 1. The Morgan fingerprint density at radius 2 is 1.66 bits per heavy atom. The first-order valence-corrected chi connectivity index (χ1v) is 9.06. The smallest absolute Gasteiger partial charge is 0.321 e. The molecule has 0 spiro atoms. The van der Waals surface area contributed by atoms with E-state index in [4.69, 9.17) is 16.3 Å². The molecule has 0 saturated heterocycles. The molecular weight excluding hydrogens is 398 g/mol. The van der Waals surface area contributed by atoms with Crippen LogP contribution >= 0.6 is 11.6 Å². The lowest BCUT2D eigenvalue weighted by Crippen LogP contribution is -2.40. The highest BCUT2D eigenvalue weighted by Gasteiger charge is 2.21. The average Bonchev–Trinajstić information content (AvgIpc) is 2.72. The van der Waals surface area contributed by atoms with E-state index in [2.05, 4.69) is 10.6 Å². The van der Waals surface area contributed by atoms with Gasteiger partial charge in [0.2, 0.25) is 0 Å². The van der Waals surface area contributed by atoms with Gasteiger partial charge in [-0.05, 0) is 17.7 Å². The molecule has 0 aliphatic carbocycles. The van der Waals surface area contributed by atoms with Crippen molar-refractivity contribution in [3.8, 4) is 0 Å². The molecule has 152 valence electrons. The van der Waals surface area contributed by atoms with Gasteiger partial charge in [0.1, 0.15) is 0 Å². The Morgan fingerprint density at radius 1 is 1.00 bits per heavy atom. The average molecular weight is 418 g/mol. The summed E-state index contributed by atoms with van der Waals surface area (Å²) in [6, 6.07) is 14.0. The summed E-state index contributed by atoms with van der Waals surface area (Å²) in [7, 11) is 1.35. The Kier molecular flexibility index (Phi) is 8.17. The van der Waals surface area contributed by atoms with E-state index in [1.165, 1.54) is 7.05 Å². The minimum Gasteiger partial charge on any atom is -0.455 e. The lowest BCUT2D eigenvalue weighted by molar-refractivity contribution is -0.148. The van der Waals surface area contributed by atoms with Crippen LogP contribution in [0.5, 0.6) is 0 Å². The number of amides is 4. The highest BCUT2D eigenvalue weighted by atomic mass is 35.5. The number of hydrogen-bond acceptors (Lipinski definition) is 5. The number of rotatable bonds is 7. The Balaban J connectivity index is 2.04. The predicted octanol–water partition coefficient (Wildman–Crippen LogP) is 2.20. The number of carbonyl (C=O) groups is 4. The summed E-state index contributed by atoms with van der Waals surface area (Å²) in [5.41, 5.74) is 0.952. The number of hydrogen-bond donors (Lipinski definition) is 3. The molecule has 0 bridgehead atoms. The summed E-state index contributed by atoms with van der Waals surface area (Å²) in [6.07, 6.45) is -0.215. The topological polar surface area (TPSA) is 114 Å². The van der Waals surface area contributed by atoms with E-state index < -0.39 is 36.5 Å². The molecule has 2 aromatic carbocycles. The normalized spacial score (nSPS) is 11.1. The van der Waals surface area contributed by atoms with Crippen molar-refractivity contribution in [3.63, 3.8) is 0 Å². The molecule has 0 aliphatic rings. The van der Waals surface area contributed by atoms with Crippen molar-refractivity contribution in [1.29, 1.82) is 0 Å². The molecule has 3 N–H and O–H groups in total. The second kappa shape index (κ2) is 10.8. The van der Waals surface area contributed by atoms with Gasteiger partial charge in [-0.3, -0.25) is 19.7 Å². The maximum Gasteiger partial charge on any atom is 0.321 e. The van der Waals surface area contributed by atoms with E-state index in [1.807, 2.05) is 5.32 Å². The van der Waals surface area contributed by atoms with Crippen LogP contribution in [0.1, 0.15) is 28.4 Å². The largest absolute Gasteiger partial charge is 0.455 e. The molecule has 0 radical (unpaired) electrons. The van der Waals surface area contributed by atoms with E-state index >= 15 is 0 Å². The van der Waals surface area contributed by atoms with Gasteiger partial charge >= 0.3 is 12.0 Å². The summed E-state index contributed by atoms with van der Waals surface area (Å²) in [5.74, 6) is -1.94. The number of benzene rings is 2. The van der Waals surface area contributed by atoms with Crippen molar-refractivity contribution >= 4 is 35.4 Å². The Hall–Kier alpha value is -3.39. The molecule has 8 nitrogen and oxygen atoms in total. The number of urea groups is 1. The van der Waals surface area contributed by atoms with Crippen LogP contribution < -0.4 is 16.0 Å². The summed E-state index contributed by atoms with van der Waals surface area (Å²) in [6.45, 7) is -0.619. The molecule has 0 unspecified atom stereocenters. The van der Waals surface area contributed by atoms with Crippen molar-refractivity contribution in [3.05, 3.63) is 70.7 Å². The zero-order valence-corrected chi connectivity index (χ0v) is 16.4. The molecule has 2 rings (SSSR count). The zero-order chi connectivity index (χ0) is 21.2. The summed E-state index contributed by atoms with van der Waals surface area (Å²) < 4.78 is 4.90. The second-order valence-electron chi connectivity index (χ2n) is 5.91. The van der Waals surface area contributed by atoms with Gasteiger partial charge in [-0.25, -0.2) is 4.79 Å². The van der Waals surface area contributed by atoms with Crippen LogP contribution in [-0.4, -0.2) is 37.5 Å². The maximum absolute atomic E-state index is 12.6. The van der Waals surface area contributed by atoms with Crippen LogP contribution in [0.2, 0.25) is 5.02 Å². The van der Waals surface area contributed by atoms with Gasteiger partial charge in [0.05, 0.1) is 23.0 Å². The molecular formula is C20H20ClN3O5. The fraction of sp³-hybridized carbons (Fsp3) is 0.200. The van der Waals surface area contributed by atoms with Gasteiger partial charge in [-0.15, -0.1) is 0 Å². The molecule has 2 aromatic rings. The molecule has 0 saturated carbocycles. The quantitative estimate of drug-likeness (QED) is 0.597. The number of esters is 1. The first-order valence-electron chi connectivity index (χ1n) is 8.68. The van der Waals surface area contributed by atoms with Gasteiger partial charge in [0.25, 0.3) is 11.8 Å². The predicted molar refractivity (Wildman–Crippen MR) is 106 cm³/mol. The van der Waals surface area contributed by atoms with Crippen molar-refractivity contribution in [1.82, 2.24) is 16.0 Å². The van der Waals surface area contributed by atoms with Crippen molar-refractivity contribution in [2.24, 2.45) is 0 Å². The third kappa shape index (κ3) is 6.93. The fourth-order valence-corrected chi connectivity index (χ4v) is 2.64. The molecule has 0 fully saturated rings. The molecule has 29 heavy (non-hydrogen) atoms. The fourth-order valence-electron chi connectivity index (χ4n) is 2.42. The van der Waals surface area contributed by atoms with Crippen LogP contribution in [0.4, 0.5) is 4.79 Å². The standard InChI is InChI=1S/C20H20ClN3O5/c1-22-20(28)24-17(25)12-29-18(26)11-16(13-7-3-2-4-8-13)23-19(27)14-9-5-6-10-15(14)21/h2-10,16H,11-12H2,1H3,(H,23,27)(H2,22,24,25,28)/t16-/m0/s1. The Bertz CT molecular complexity index is 889. The van der Waals surface area contributed by atoms with Crippen molar-refractivity contribution < 1.29 is 23.9 Å². The van der Waals surface area contributed by atoms with E-state index in [1.54, 1.807) is 54.6 Å². The van der Waals surface area contributed by atoms with E-state index in [0.29, 0.717) is 5.56 Å². The molecule has 0 aromatic heterocycles. The number of carbonyl (C=O) groups excluding carboxylic acids is 4. The van der Waals surface area contributed by atoms with Crippen LogP contribution in [0.3, 0.4) is 0 Å². The van der Waals surface area contributed by atoms with E-state index in [9.17, 15) is 19.2 Å². The van der Waals surface area contributed by atoms with Crippen LogP contribution in [0.25, 0.3) is 0 Å². The van der Waals surface area contributed by atoms with Gasteiger partial charge in [0.15, 0.2) is 6.61 Å². The van der Waals surface area contributed by atoms with Gasteiger partial charge in [-0.2, -0.15) is 0 Å². The second-order valence-corrected chi connectivity index (χ2v) is 6.32. The molecule has 0 heterocycles. The SMILES string of the molecule is CNC(=O)NC(=O)COC(=O)C[C@H](NC(=O)c1ccccc1Cl)c1ccccc1. The lowest BCUT2D eigenvalue weighted by atomic mass is 10.0. The molecule has 0 aliphatic heterocycles. The summed E-state index contributed by atoms with van der Waals surface area (Å²) in [5, 5.41) is 7.23. The lowest BCUT2D eigenvalue weighted by Gasteiger charge is -2.19. The maximum atomic E-state index is 12.6. The molecule has 4 amide bonds. The third-order valence-electron chi connectivity index (χ3n) is 3.84. The van der Waals surface area contributed by atoms with Crippen molar-refractivity contribution in [2.75, 3.05) is 13.7 Å². The third-order valence-corrected chi connectivity index (χ3v) is 4.17. The number of nitrogens with one attached hydrogen (secondary N) is 3. The van der Waals surface area contributed by atoms with Crippen LogP contribution in [0, 0.1) is 0 Å². The van der Waals surface area contributed by atoms with Crippen LogP contribution in [-0.2, 0) is 14.3 Å².